The Hall–Kier alpha value is -3.06. The number of rotatable bonds is 4. The van der Waals surface area contributed by atoms with E-state index >= 15 is 0 Å². The third-order valence-electron chi connectivity index (χ3n) is 5.48. The van der Waals surface area contributed by atoms with E-state index in [-0.39, 0.29) is 5.91 Å². The van der Waals surface area contributed by atoms with Gasteiger partial charge in [-0.3, -0.25) is 4.79 Å². The van der Waals surface area contributed by atoms with Crippen LogP contribution in [0, 0.1) is 17.2 Å². The number of nitrogens with one attached hydrogen (secondary N) is 1. The van der Waals surface area contributed by atoms with Gasteiger partial charge in [-0.1, -0.05) is 30.3 Å². The Kier molecular flexibility index (Phi) is 4.93. The van der Waals surface area contributed by atoms with Crippen molar-refractivity contribution in [2.24, 2.45) is 5.92 Å². The summed E-state index contributed by atoms with van der Waals surface area (Å²) in [5.74, 6) is 0.842. The molecule has 0 saturated carbocycles. The lowest BCUT2D eigenvalue weighted by Crippen LogP contribution is -2.39. The molecule has 0 unspecified atom stereocenters. The number of nitrogens with zero attached hydrogens (tertiary/aromatic N) is 2. The first-order valence-electron chi connectivity index (χ1n) is 9.55. The highest BCUT2D eigenvalue weighted by atomic mass is 16.2. The van der Waals surface area contributed by atoms with Crippen molar-refractivity contribution < 1.29 is 4.79 Å². The number of likely N-dealkylation sites (tertiary alicyclic amines) is 1. The van der Waals surface area contributed by atoms with Gasteiger partial charge in [0.15, 0.2) is 0 Å². The van der Waals surface area contributed by atoms with Crippen LogP contribution in [0.5, 0.6) is 0 Å². The molecule has 1 aliphatic rings. The molecule has 136 valence electrons. The first-order chi connectivity index (χ1) is 13.2. The number of hydrogen-bond acceptors (Lipinski definition) is 2. The second-order valence-electron chi connectivity index (χ2n) is 7.40. The van der Waals surface area contributed by atoms with Gasteiger partial charge in [0.05, 0.1) is 18.1 Å². The molecule has 3 aromatic rings. The monoisotopic (exact) mass is 357 g/mol. The number of amides is 1. The van der Waals surface area contributed by atoms with E-state index < -0.39 is 0 Å². The van der Waals surface area contributed by atoms with Crippen molar-refractivity contribution in [3.63, 3.8) is 0 Å². The minimum atomic E-state index is 0.181. The number of benzene rings is 2. The third kappa shape index (κ3) is 4.03. The molecule has 2 heterocycles. The molecule has 0 atom stereocenters. The third-order valence-corrected chi connectivity index (χ3v) is 5.48. The standard InChI is InChI=1S/C23H23N3O/c24-16-19-6-7-22-20(13-19)14-21(25-22)15-23(27)26-10-8-18(9-11-26)12-17-4-2-1-3-5-17/h1-7,13-14,18,25H,8-12,15H2. The molecule has 1 N–H and O–H groups in total. The van der Waals surface area contributed by atoms with Crippen LogP contribution in [0.15, 0.2) is 54.6 Å². The average molecular weight is 357 g/mol. The van der Waals surface area contributed by atoms with Crippen molar-refractivity contribution in [1.82, 2.24) is 9.88 Å². The molecule has 4 heteroatoms. The van der Waals surface area contributed by atoms with E-state index in [1.54, 1.807) is 6.07 Å². The molecule has 4 rings (SSSR count). The fourth-order valence-corrected chi connectivity index (χ4v) is 3.97. The summed E-state index contributed by atoms with van der Waals surface area (Å²) in [4.78, 5) is 18.0. The first-order valence-corrected chi connectivity index (χ1v) is 9.55. The number of carbonyl (C=O) groups is 1. The van der Waals surface area contributed by atoms with E-state index in [4.69, 9.17) is 5.26 Å². The molecule has 1 amide bonds. The summed E-state index contributed by atoms with van der Waals surface area (Å²) in [6.07, 6.45) is 3.63. The maximum absolute atomic E-state index is 12.7. The van der Waals surface area contributed by atoms with Crippen LogP contribution < -0.4 is 0 Å². The van der Waals surface area contributed by atoms with Crippen LogP contribution in [0.25, 0.3) is 10.9 Å². The summed E-state index contributed by atoms with van der Waals surface area (Å²) < 4.78 is 0. The summed E-state index contributed by atoms with van der Waals surface area (Å²) in [5, 5.41) is 10.00. The Balaban J connectivity index is 1.34. The Bertz CT molecular complexity index is 976. The highest BCUT2D eigenvalue weighted by Crippen LogP contribution is 2.23. The molecular weight excluding hydrogens is 334 g/mol. The Labute approximate surface area is 159 Å². The van der Waals surface area contributed by atoms with E-state index in [1.807, 2.05) is 23.1 Å². The number of hydrogen-bond donors (Lipinski definition) is 1. The molecule has 0 bridgehead atoms. The quantitative estimate of drug-likeness (QED) is 0.765. The summed E-state index contributed by atoms with van der Waals surface area (Å²) in [5.41, 5.74) is 3.91. The molecule has 0 aliphatic carbocycles. The lowest BCUT2D eigenvalue weighted by atomic mass is 9.90. The number of carbonyl (C=O) groups excluding carboxylic acids is 1. The smallest absolute Gasteiger partial charge is 0.228 e. The largest absolute Gasteiger partial charge is 0.358 e. The van der Waals surface area contributed by atoms with Crippen molar-refractivity contribution in [3.05, 3.63) is 71.4 Å². The zero-order chi connectivity index (χ0) is 18.6. The van der Waals surface area contributed by atoms with Crippen LogP contribution in [-0.4, -0.2) is 28.9 Å². The van der Waals surface area contributed by atoms with Gasteiger partial charge < -0.3 is 9.88 Å². The number of fused-ring (bicyclic) bond motifs is 1. The summed E-state index contributed by atoms with van der Waals surface area (Å²) in [6.45, 7) is 1.68. The predicted molar refractivity (Wildman–Crippen MR) is 106 cm³/mol. The van der Waals surface area contributed by atoms with Gasteiger partial charge in [-0.05, 0) is 55.0 Å². The second kappa shape index (κ2) is 7.67. The number of nitriles is 1. The molecule has 0 spiro atoms. The Morgan fingerprint density at radius 2 is 1.89 bits per heavy atom. The minimum absolute atomic E-state index is 0.181. The van der Waals surface area contributed by atoms with Crippen LogP contribution in [0.1, 0.15) is 29.7 Å². The SMILES string of the molecule is N#Cc1ccc2[nH]c(CC(=O)N3CCC(Cc4ccccc4)CC3)cc2c1. The predicted octanol–water partition coefficient (Wildman–Crippen LogP) is 4.06. The summed E-state index contributed by atoms with van der Waals surface area (Å²) >= 11 is 0. The molecule has 4 nitrogen and oxygen atoms in total. The van der Waals surface area contributed by atoms with Gasteiger partial charge in [-0.25, -0.2) is 0 Å². The van der Waals surface area contributed by atoms with Gasteiger partial charge in [0.25, 0.3) is 0 Å². The van der Waals surface area contributed by atoms with Gasteiger partial charge in [0.2, 0.25) is 5.91 Å². The Morgan fingerprint density at radius 3 is 2.63 bits per heavy atom. The lowest BCUT2D eigenvalue weighted by molar-refractivity contribution is -0.131. The van der Waals surface area contributed by atoms with Crippen molar-refractivity contribution in [3.8, 4) is 6.07 Å². The van der Waals surface area contributed by atoms with Gasteiger partial charge in [-0.2, -0.15) is 5.26 Å². The van der Waals surface area contributed by atoms with Crippen LogP contribution >= 0.6 is 0 Å². The molecule has 1 aromatic heterocycles. The van der Waals surface area contributed by atoms with Crippen LogP contribution in [0.3, 0.4) is 0 Å². The number of H-pyrrole nitrogens is 1. The van der Waals surface area contributed by atoms with Crippen molar-refractivity contribution in [2.45, 2.75) is 25.7 Å². The molecule has 27 heavy (non-hydrogen) atoms. The van der Waals surface area contributed by atoms with Crippen molar-refractivity contribution in [2.75, 3.05) is 13.1 Å². The van der Waals surface area contributed by atoms with Gasteiger partial charge in [-0.15, -0.1) is 0 Å². The molecular formula is C23H23N3O. The van der Waals surface area contributed by atoms with Crippen LogP contribution in [0.4, 0.5) is 0 Å². The fourth-order valence-electron chi connectivity index (χ4n) is 3.97. The molecule has 0 radical (unpaired) electrons. The first kappa shape index (κ1) is 17.4. The summed E-state index contributed by atoms with van der Waals surface area (Å²) in [6, 6.07) is 20.3. The van der Waals surface area contributed by atoms with E-state index in [9.17, 15) is 4.79 Å². The second-order valence-corrected chi connectivity index (χ2v) is 7.40. The van der Waals surface area contributed by atoms with Gasteiger partial charge >= 0.3 is 0 Å². The molecule has 1 fully saturated rings. The number of piperidine rings is 1. The van der Waals surface area contributed by atoms with Crippen LogP contribution in [0.2, 0.25) is 0 Å². The molecule has 1 saturated heterocycles. The zero-order valence-electron chi connectivity index (χ0n) is 15.3. The minimum Gasteiger partial charge on any atom is -0.358 e. The van der Waals surface area contributed by atoms with E-state index in [0.717, 1.165) is 48.9 Å². The number of aromatic amines is 1. The maximum Gasteiger partial charge on any atom is 0.228 e. The Morgan fingerprint density at radius 1 is 1.11 bits per heavy atom. The van der Waals surface area contributed by atoms with Crippen molar-refractivity contribution in [1.29, 1.82) is 5.26 Å². The maximum atomic E-state index is 12.7. The van der Waals surface area contributed by atoms with Gasteiger partial charge in [0.1, 0.15) is 0 Å². The normalized spacial score (nSPS) is 15.0. The highest BCUT2D eigenvalue weighted by molar-refractivity contribution is 5.85. The highest BCUT2D eigenvalue weighted by Gasteiger charge is 2.23. The van der Waals surface area contributed by atoms with Crippen molar-refractivity contribution >= 4 is 16.8 Å². The topological polar surface area (TPSA) is 59.9 Å². The number of aromatic nitrogens is 1. The van der Waals surface area contributed by atoms with Crippen LogP contribution in [-0.2, 0) is 17.6 Å². The van der Waals surface area contributed by atoms with Gasteiger partial charge in [0, 0.05) is 29.7 Å². The van der Waals surface area contributed by atoms with E-state index in [0.29, 0.717) is 17.9 Å². The average Bonchev–Trinajstić information content (AvgIpc) is 3.10. The molecule has 1 aliphatic heterocycles. The summed E-state index contributed by atoms with van der Waals surface area (Å²) in [7, 11) is 0. The lowest BCUT2D eigenvalue weighted by Gasteiger charge is -2.32. The fraction of sp³-hybridized carbons (Fsp3) is 0.304. The van der Waals surface area contributed by atoms with E-state index in [1.165, 1.54) is 5.56 Å². The zero-order valence-corrected chi connectivity index (χ0v) is 15.3. The van der Waals surface area contributed by atoms with E-state index in [2.05, 4.69) is 41.4 Å². The molecule has 2 aromatic carbocycles.